The molecule has 0 radical (unpaired) electrons. The Labute approximate surface area is 187 Å². The van der Waals surface area contributed by atoms with Gasteiger partial charge in [0.25, 0.3) is 11.6 Å². The van der Waals surface area contributed by atoms with Crippen LogP contribution in [0.1, 0.15) is 28.9 Å². The number of nitro groups is 1. The number of non-ortho nitro benzene ring substituents is 1. The zero-order valence-electron chi connectivity index (χ0n) is 17.8. The van der Waals surface area contributed by atoms with E-state index in [0.29, 0.717) is 11.6 Å². The van der Waals surface area contributed by atoms with Crippen LogP contribution >= 0.6 is 0 Å². The van der Waals surface area contributed by atoms with Gasteiger partial charge in [-0.1, -0.05) is 17.7 Å². The minimum atomic E-state index is -0.668. The molecule has 0 saturated heterocycles. The molecular weight excluding hydrogens is 430 g/mol. The second-order valence-corrected chi connectivity index (χ2v) is 6.94. The van der Waals surface area contributed by atoms with Gasteiger partial charge in [0.1, 0.15) is 0 Å². The molecule has 2 aromatic carbocycles. The molecular formula is C22H19N5O6. The van der Waals surface area contributed by atoms with E-state index in [-0.39, 0.29) is 36.2 Å². The van der Waals surface area contributed by atoms with Crippen molar-refractivity contribution in [3.8, 4) is 22.9 Å². The number of carbonyl (C=O) groups is 1. The molecule has 0 N–H and O–H groups in total. The minimum Gasteiger partial charge on any atom is -0.480 e. The van der Waals surface area contributed by atoms with Gasteiger partial charge >= 0.3 is 5.97 Å². The predicted molar refractivity (Wildman–Crippen MR) is 115 cm³/mol. The van der Waals surface area contributed by atoms with Crippen LogP contribution in [-0.2, 0) is 11.3 Å². The molecule has 0 unspecified atom stereocenters. The molecule has 168 valence electrons. The molecule has 4 rings (SSSR count). The van der Waals surface area contributed by atoms with E-state index in [2.05, 4.69) is 15.3 Å². The Bertz CT molecular complexity index is 1280. The van der Waals surface area contributed by atoms with E-state index in [1.807, 2.05) is 31.2 Å². The lowest BCUT2D eigenvalue weighted by Gasteiger charge is -2.03. The second kappa shape index (κ2) is 9.30. The molecule has 0 atom stereocenters. The van der Waals surface area contributed by atoms with Crippen molar-refractivity contribution in [2.24, 2.45) is 0 Å². The lowest BCUT2D eigenvalue weighted by Crippen LogP contribution is -2.08. The van der Waals surface area contributed by atoms with E-state index < -0.39 is 10.9 Å². The van der Waals surface area contributed by atoms with Gasteiger partial charge in [0, 0.05) is 17.7 Å². The number of rotatable bonds is 8. The van der Waals surface area contributed by atoms with Crippen molar-refractivity contribution < 1.29 is 23.6 Å². The number of ether oxygens (including phenoxy) is 2. The fourth-order valence-electron chi connectivity index (χ4n) is 2.93. The quantitative estimate of drug-likeness (QED) is 0.223. The van der Waals surface area contributed by atoms with E-state index in [0.717, 1.165) is 11.1 Å². The van der Waals surface area contributed by atoms with Crippen molar-refractivity contribution in [3.63, 3.8) is 0 Å². The minimum absolute atomic E-state index is 0.0477. The molecule has 4 aromatic rings. The maximum Gasteiger partial charge on any atom is 0.362 e. The number of hydrogen-bond acceptors (Lipinski definition) is 9. The van der Waals surface area contributed by atoms with Gasteiger partial charge in [-0.15, -0.1) is 10.2 Å². The number of esters is 1. The lowest BCUT2D eigenvalue weighted by atomic mass is 10.1. The predicted octanol–water partition coefficient (Wildman–Crippen LogP) is 3.89. The Morgan fingerprint density at radius 3 is 2.52 bits per heavy atom. The standard InChI is InChI=1S/C22H19N5O6/c1-3-31-22(28)20-18(12-26(25-20)16-8-10-17(11-9-16)27(29)30)32-13-19-23-24-21(33-19)15-6-4-14(2)5-7-15/h4-12H,3,13H2,1-2H3. The maximum atomic E-state index is 12.4. The first kappa shape index (κ1) is 21.7. The highest BCUT2D eigenvalue weighted by molar-refractivity contribution is 5.90. The Morgan fingerprint density at radius 2 is 1.85 bits per heavy atom. The normalized spacial score (nSPS) is 10.7. The number of nitrogens with zero attached hydrogens (tertiary/aromatic N) is 5. The number of nitro benzene ring substituents is 1. The maximum absolute atomic E-state index is 12.4. The zero-order valence-corrected chi connectivity index (χ0v) is 17.8. The highest BCUT2D eigenvalue weighted by Gasteiger charge is 2.21. The molecule has 0 saturated carbocycles. The van der Waals surface area contributed by atoms with Gasteiger partial charge in [-0.2, -0.15) is 5.10 Å². The SMILES string of the molecule is CCOC(=O)c1nn(-c2ccc([N+](=O)[O-])cc2)cc1OCc1nnc(-c2ccc(C)cc2)o1. The summed E-state index contributed by atoms with van der Waals surface area (Å²) in [4.78, 5) is 22.7. The van der Waals surface area contributed by atoms with E-state index >= 15 is 0 Å². The number of carbonyl (C=O) groups excluding carboxylic acids is 1. The Kier molecular flexibility index (Phi) is 6.11. The molecule has 2 aromatic heterocycles. The van der Waals surface area contributed by atoms with Crippen LogP contribution in [0.3, 0.4) is 0 Å². The van der Waals surface area contributed by atoms with Gasteiger partial charge in [-0.25, -0.2) is 9.48 Å². The molecule has 0 aliphatic heterocycles. The average Bonchev–Trinajstić information content (AvgIpc) is 3.46. The second-order valence-electron chi connectivity index (χ2n) is 6.94. The summed E-state index contributed by atoms with van der Waals surface area (Å²) in [6, 6.07) is 13.3. The molecule has 0 amide bonds. The summed E-state index contributed by atoms with van der Waals surface area (Å²) in [5, 5.41) is 23.1. The largest absolute Gasteiger partial charge is 0.480 e. The number of aromatic nitrogens is 4. The first-order valence-corrected chi connectivity index (χ1v) is 9.98. The van der Waals surface area contributed by atoms with Gasteiger partial charge in [-0.05, 0) is 38.1 Å². The van der Waals surface area contributed by atoms with Crippen LogP contribution in [-0.4, -0.2) is 37.5 Å². The molecule has 2 heterocycles. The fraction of sp³-hybridized carbons (Fsp3) is 0.182. The van der Waals surface area contributed by atoms with Gasteiger partial charge in [0.15, 0.2) is 12.4 Å². The van der Waals surface area contributed by atoms with E-state index in [9.17, 15) is 14.9 Å². The van der Waals surface area contributed by atoms with Gasteiger partial charge < -0.3 is 13.9 Å². The Morgan fingerprint density at radius 1 is 1.12 bits per heavy atom. The van der Waals surface area contributed by atoms with Crippen molar-refractivity contribution in [3.05, 3.63) is 82.0 Å². The fourth-order valence-corrected chi connectivity index (χ4v) is 2.93. The van der Waals surface area contributed by atoms with Crippen LogP contribution in [0, 0.1) is 17.0 Å². The van der Waals surface area contributed by atoms with Crippen molar-refractivity contribution in [1.29, 1.82) is 0 Å². The smallest absolute Gasteiger partial charge is 0.362 e. The average molecular weight is 449 g/mol. The molecule has 0 spiro atoms. The molecule has 0 aliphatic rings. The summed E-state index contributed by atoms with van der Waals surface area (Å²) in [7, 11) is 0. The molecule has 33 heavy (non-hydrogen) atoms. The molecule has 11 nitrogen and oxygen atoms in total. The number of aryl methyl sites for hydroxylation is 1. The van der Waals surface area contributed by atoms with Crippen LogP contribution < -0.4 is 4.74 Å². The Balaban J connectivity index is 1.55. The topological polar surface area (TPSA) is 135 Å². The first-order chi connectivity index (χ1) is 15.9. The van der Waals surface area contributed by atoms with Crippen LogP contribution in [0.25, 0.3) is 17.1 Å². The summed E-state index contributed by atoms with van der Waals surface area (Å²) in [6.07, 6.45) is 1.48. The zero-order chi connectivity index (χ0) is 23.4. The monoisotopic (exact) mass is 449 g/mol. The molecule has 0 fully saturated rings. The highest BCUT2D eigenvalue weighted by Crippen LogP contribution is 2.24. The van der Waals surface area contributed by atoms with Crippen molar-refractivity contribution in [1.82, 2.24) is 20.0 Å². The highest BCUT2D eigenvalue weighted by atomic mass is 16.6. The molecule has 11 heteroatoms. The first-order valence-electron chi connectivity index (χ1n) is 9.98. The molecule has 0 aliphatic carbocycles. The lowest BCUT2D eigenvalue weighted by molar-refractivity contribution is -0.384. The van der Waals surface area contributed by atoms with Gasteiger partial charge in [-0.3, -0.25) is 10.1 Å². The van der Waals surface area contributed by atoms with Crippen LogP contribution in [0.15, 0.2) is 59.1 Å². The van der Waals surface area contributed by atoms with Crippen molar-refractivity contribution in [2.45, 2.75) is 20.5 Å². The summed E-state index contributed by atoms with van der Waals surface area (Å²) < 4.78 is 17.8. The van der Waals surface area contributed by atoms with Crippen LogP contribution in [0.4, 0.5) is 5.69 Å². The van der Waals surface area contributed by atoms with Crippen LogP contribution in [0.5, 0.6) is 5.75 Å². The third kappa shape index (κ3) is 4.87. The van der Waals surface area contributed by atoms with Crippen molar-refractivity contribution >= 4 is 11.7 Å². The number of hydrogen-bond donors (Lipinski definition) is 0. The third-order valence-corrected chi connectivity index (χ3v) is 4.59. The third-order valence-electron chi connectivity index (χ3n) is 4.59. The van der Waals surface area contributed by atoms with Crippen molar-refractivity contribution in [2.75, 3.05) is 6.61 Å². The summed E-state index contributed by atoms with van der Waals surface area (Å²) in [5.41, 5.74) is 2.28. The number of benzene rings is 2. The summed E-state index contributed by atoms with van der Waals surface area (Å²) in [6.45, 7) is 3.72. The van der Waals surface area contributed by atoms with Gasteiger partial charge in [0.2, 0.25) is 11.6 Å². The van der Waals surface area contributed by atoms with E-state index in [1.54, 1.807) is 6.92 Å². The Hall–Kier alpha value is -4.54. The van der Waals surface area contributed by atoms with Crippen LogP contribution in [0.2, 0.25) is 0 Å². The van der Waals surface area contributed by atoms with Gasteiger partial charge in [0.05, 0.1) is 23.4 Å². The summed E-state index contributed by atoms with van der Waals surface area (Å²) in [5.74, 6) is 0.0326. The van der Waals surface area contributed by atoms with E-state index in [1.165, 1.54) is 35.1 Å². The molecule has 0 bridgehead atoms. The summed E-state index contributed by atoms with van der Waals surface area (Å²) >= 11 is 0. The van der Waals surface area contributed by atoms with E-state index in [4.69, 9.17) is 13.9 Å².